The number of benzene rings is 2. The van der Waals surface area contributed by atoms with Gasteiger partial charge in [0.25, 0.3) is 0 Å². The Morgan fingerprint density at radius 3 is 2.42 bits per heavy atom. The second kappa shape index (κ2) is 6.61. The molecule has 130 valence electrons. The van der Waals surface area contributed by atoms with E-state index in [1.807, 2.05) is 30.9 Å². The van der Waals surface area contributed by atoms with Crippen molar-refractivity contribution in [2.45, 2.75) is 20.4 Å². The molecule has 3 N–H and O–H groups in total. The molecule has 0 aliphatic carbocycles. The van der Waals surface area contributed by atoms with E-state index in [2.05, 4.69) is 63.9 Å². The van der Waals surface area contributed by atoms with Crippen molar-refractivity contribution >= 4 is 17.0 Å². The van der Waals surface area contributed by atoms with E-state index in [1.165, 1.54) is 11.1 Å². The molecule has 0 saturated heterocycles. The molecule has 5 nitrogen and oxygen atoms in total. The Morgan fingerprint density at radius 1 is 1.00 bits per heavy atom. The Morgan fingerprint density at radius 2 is 1.73 bits per heavy atom. The van der Waals surface area contributed by atoms with Gasteiger partial charge in [0.1, 0.15) is 5.52 Å². The molecule has 26 heavy (non-hydrogen) atoms. The zero-order valence-electron chi connectivity index (χ0n) is 14.9. The Labute approximate surface area is 152 Å². The van der Waals surface area contributed by atoms with E-state index in [9.17, 15) is 0 Å². The minimum atomic E-state index is 0.539. The summed E-state index contributed by atoms with van der Waals surface area (Å²) < 4.78 is 2.06. The molecule has 0 radical (unpaired) electrons. The molecule has 5 heteroatoms. The summed E-state index contributed by atoms with van der Waals surface area (Å²) in [4.78, 5) is 9.01. The number of imidazole rings is 1. The first kappa shape index (κ1) is 16.3. The van der Waals surface area contributed by atoms with Gasteiger partial charge >= 0.3 is 0 Å². The van der Waals surface area contributed by atoms with E-state index in [1.54, 1.807) is 0 Å². The number of aromatic nitrogens is 3. The maximum atomic E-state index is 5.69. The number of hydrogen-bond donors (Lipinski definition) is 2. The molecule has 0 saturated carbocycles. The molecule has 0 aliphatic heterocycles. The lowest BCUT2D eigenvalue weighted by atomic mass is 10.1. The molecule has 0 bridgehead atoms. The van der Waals surface area contributed by atoms with Crippen molar-refractivity contribution < 1.29 is 0 Å². The number of rotatable bonds is 4. The number of anilines is 2. The molecule has 4 aromatic rings. The van der Waals surface area contributed by atoms with Crippen molar-refractivity contribution in [3.63, 3.8) is 0 Å². The van der Waals surface area contributed by atoms with Crippen molar-refractivity contribution in [2.75, 3.05) is 5.32 Å². The van der Waals surface area contributed by atoms with Crippen LogP contribution < -0.4 is 11.1 Å². The second-order valence-corrected chi connectivity index (χ2v) is 6.43. The van der Waals surface area contributed by atoms with E-state index in [4.69, 9.17) is 5.73 Å². The van der Waals surface area contributed by atoms with Crippen LogP contribution in [0.1, 0.15) is 16.7 Å². The van der Waals surface area contributed by atoms with Crippen molar-refractivity contribution in [1.29, 1.82) is 0 Å². The summed E-state index contributed by atoms with van der Waals surface area (Å²) in [6, 6.07) is 14.5. The van der Waals surface area contributed by atoms with Crippen LogP contribution in [0.15, 0.2) is 61.2 Å². The highest BCUT2D eigenvalue weighted by Gasteiger charge is 2.11. The van der Waals surface area contributed by atoms with Crippen LogP contribution in [0.5, 0.6) is 0 Å². The lowest BCUT2D eigenvalue weighted by Gasteiger charge is -2.14. The van der Waals surface area contributed by atoms with Crippen molar-refractivity contribution in [1.82, 2.24) is 14.4 Å². The Kier molecular flexibility index (Phi) is 4.14. The van der Waals surface area contributed by atoms with Gasteiger partial charge in [0, 0.05) is 17.8 Å². The third-order valence-electron chi connectivity index (χ3n) is 4.67. The molecule has 2 aromatic carbocycles. The first-order chi connectivity index (χ1) is 12.7. The fourth-order valence-electron chi connectivity index (χ4n) is 3.17. The Hall–Kier alpha value is -3.18. The number of hydrogen-bond acceptors (Lipinski definition) is 4. The molecule has 0 unspecified atom stereocenters. The summed E-state index contributed by atoms with van der Waals surface area (Å²) in [7, 11) is 0. The van der Waals surface area contributed by atoms with Crippen molar-refractivity contribution in [2.24, 2.45) is 5.73 Å². The van der Waals surface area contributed by atoms with Gasteiger partial charge in [-0.2, -0.15) is 0 Å². The highest BCUT2D eigenvalue weighted by molar-refractivity contribution is 5.78. The lowest BCUT2D eigenvalue weighted by molar-refractivity contribution is 1.07. The van der Waals surface area contributed by atoms with E-state index in [-0.39, 0.29) is 0 Å². The number of para-hydroxylation sites is 1. The predicted octanol–water partition coefficient (Wildman–Crippen LogP) is 4.22. The monoisotopic (exact) mass is 343 g/mol. The van der Waals surface area contributed by atoms with E-state index in [0.717, 1.165) is 33.8 Å². The summed E-state index contributed by atoms with van der Waals surface area (Å²) in [6.45, 7) is 4.73. The number of fused-ring (bicyclic) bond motifs is 1. The summed E-state index contributed by atoms with van der Waals surface area (Å²) >= 11 is 0. The van der Waals surface area contributed by atoms with Crippen molar-refractivity contribution in [3.8, 4) is 11.3 Å². The van der Waals surface area contributed by atoms with Gasteiger partial charge in [0.15, 0.2) is 5.82 Å². The van der Waals surface area contributed by atoms with E-state index >= 15 is 0 Å². The lowest BCUT2D eigenvalue weighted by Crippen LogP contribution is -2.02. The van der Waals surface area contributed by atoms with Gasteiger partial charge in [-0.25, -0.2) is 9.97 Å². The first-order valence-corrected chi connectivity index (χ1v) is 8.61. The highest BCUT2D eigenvalue weighted by Crippen LogP contribution is 2.28. The van der Waals surface area contributed by atoms with Crippen LogP contribution >= 0.6 is 0 Å². The number of nitrogens with two attached hydrogens (primary N) is 1. The van der Waals surface area contributed by atoms with Crippen LogP contribution in [-0.2, 0) is 6.54 Å². The fourth-order valence-corrected chi connectivity index (χ4v) is 3.17. The molecule has 2 aromatic heterocycles. The van der Waals surface area contributed by atoms with Crippen LogP contribution in [0.4, 0.5) is 11.5 Å². The average Bonchev–Trinajstić information content (AvgIpc) is 3.15. The first-order valence-electron chi connectivity index (χ1n) is 8.61. The van der Waals surface area contributed by atoms with Gasteiger partial charge in [-0.3, -0.25) is 4.40 Å². The molecule has 2 heterocycles. The molecule has 4 rings (SSSR count). The summed E-state index contributed by atoms with van der Waals surface area (Å²) in [6.07, 6.45) is 5.53. The molecule has 0 amide bonds. The second-order valence-electron chi connectivity index (χ2n) is 6.43. The third-order valence-corrected chi connectivity index (χ3v) is 4.67. The van der Waals surface area contributed by atoms with Crippen LogP contribution in [0, 0.1) is 13.8 Å². The Balaban J connectivity index is 1.78. The number of aryl methyl sites for hydroxylation is 2. The summed E-state index contributed by atoms with van der Waals surface area (Å²) in [5, 5.41) is 3.48. The van der Waals surface area contributed by atoms with Gasteiger partial charge in [0.05, 0.1) is 24.4 Å². The number of nitrogens with zero attached hydrogens (tertiary/aromatic N) is 3. The van der Waals surface area contributed by atoms with Gasteiger partial charge in [0.2, 0.25) is 0 Å². The van der Waals surface area contributed by atoms with Crippen molar-refractivity contribution in [3.05, 3.63) is 77.9 Å². The maximum absolute atomic E-state index is 5.69. The minimum Gasteiger partial charge on any atom is -0.338 e. The predicted molar refractivity (Wildman–Crippen MR) is 106 cm³/mol. The highest BCUT2D eigenvalue weighted by atomic mass is 15.1. The standard InChI is InChI=1S/C21H21N5/c1-14-4-3-5-15(2)20(14)25-21-19-11-23-13-26(19)18(12-24-21)17-8-6-16(10-22)7-9-17/h3-9,11-13H,10,22H2,1-2H3,(H,24,25). The van der Waals surface area contributed by atoms with Gasteiger partial charge in [-0.1, -0.05) is 42.5 Å². The summed E-state index contributed by atoms with van der Waals surface area (Å²) in [5.74, 6) is 0.794. The van der Waals surface area contributed by atoms with Crippen LogP contribution in [0.25, 0.3) is 16.8 Å². The molecular formula is C21H21N5. The van der Waals surface area contributed by atoms with Crippen LogP contribution in [0.3, 0.4) is 0 Å². The largest absolute Gasteiger partial charge is 0.338 e. The summed E-state index contributed by atoms with van der Waals surface area (Å²) in [5.41, 5.74) is 13.3. The zero-order chi connectivity index (χ0) is 18.1. The minimum absolute atomic E-state index is 0.539. The molecule has 0 atom stereocenters. The topological polar surface area (TPSA) is 68.2 Å². The molecule has 0 spiro atoms. The SMILES string of the molecule is Cc1cccc(C)c1Nc1ncc(-c2ccc(CN)cc2)n2cncc12. The smallest absolute Gasteiger partial charge is 0.156 e. The fraction of sp³-hybridized carbons (Fsp3) is 0.143. The zero-order valence-corrected chi connectivity index (χ0v) is 14.9. The molecular weight excluding hydrogens is 322 g/mol. The van der Waals surface area contributed by atoms with Gasteiger partial charge in [-0.15, -0.1) is 0 Å². The van der Waals surface area contributed by atoms with E-state index in [0.29, 0.717) is 6.54 Å². The van der Waals surface area contributed by atoms with Gasteiger partial charge < -0.3 is 11.1 Å². The van der Waals surface area contributed by atoms with Crippen LogP contribution in [-0.4, -0.2) is 14.4 Å². The average molecular weight is 343 g/mol. The quantitative estimate of drug-likeness (QED) is 0.582. The maximum Gasteiger partial charge on any atom is 0.156 e. The van der Waals surface area contributed by atoms with E-state index < -0.39 is 0 Å². The molecule has 0 aliphatic rings. The van der Waals surface area contributed by atoms with Gasteiger partial charge in [-0.05, 0) is 30.5 Å². The Bertz CT molecular complexity index is 1040. The third kappa shape index (κ3) is 2.82. The van der Waals surface area contributed by atoms with Crippen LogP contribution in [0.2, 0.25) is 0 Å². The normalized spacial score (nSPS) is 11.0. The molecule has 0 fully saturated rings. The number of nitrogens with one attached hydrogen (secondary N) is 1.